The second kappa shape index (κ2) is 6.12. The molecule has 19 heavy (non-hydrogen) atoms. The molecule has 1 saturated carbocycles. The second-order valence-electron chi connectivity index (χ2n) is 6.41. The van der Waals surface area contributed by atoms with Crippen LogP contribution >= 0.6 is 0 Å². The van der Waals surface area contributed by atoms with Gasteiger partial charge in [-0.05, 0) is 45.4 Å². The van der Waals surface area contributed by atoms with Gasteiger partial charge in [0.25, 0.3) is 0 Å². The number of nitrogens with one attached hydrogen (secondary N) is 1. The van der Waals surface area contributed by atoms with Gasteiger partial charge < -0.3 is 15.0 Å². The molecule has 110 valence electrons. The fourth-order valence-electron chi connectivity index (χ4n) is 2.72. The number of nitrogens with zero attached hydrogens (tertiary/aromatic N) is 1. The van der Waals surface area contributed by atoms with E-state index < -0.39 is 0 Å². The highest BCUT2D eigenvalue weighted by molar-refractivity contribution is 5.75. The van der Waals surface area contributed by atoms with E-state index in [9.17, 15) is 4.79 Å². The molecule has 3 atom stereocenters. The zero-order valence-corrected chi connectivity index (χ0v) is 12.7. The van der Waals surface area contributed by atoms with Gasteiger partial charge in [-0.3, -0.25) is 0 Å². The number of amides is 2. The second-order valence-corrected chi connectivity index (χ2v) is 6.41. The van der Waals surface area contributed by atoms with Crippen LogP contribution in [0.3, 0.4) is 0 Å². The Morgan fingerprint density at radius 2 is 1.89 bits per heavy atom. The molecule has 4 nitrogen and oxygen atoms in total. The molecule has 0 aromatic rings. The smallest absolute Gasteiger partial charge is 0.318 e. The summed E-state index contributed by atoms with van der Waals surface area (Å²) in [6, 6.07) is 0.945. The molecule has 0 aromatic carbocycles. The van der Waals surface area contributed by atoms with Crippen molar-refractivity contribution >= 4 is 6.03 Å². The van der Waals surface area contributed by atoms with E-state index in [0.717, 1.165) is 32.3 Å². The Bertz CT molecular complexity index is 309. The van der Waals surface area contributed by atoms with Crippen LogP contribution in [0.4, 0.5) is 4.79 Å². The maximum atomic E-state index is 12.5. The number of hydrogen-bond acceptors (Lipinski definition) is 2. The number of urea groups is 1. The van der Waals surface area contributed by atoms with Crippen molar-refractivity contribution in [3.8, 4) is 0 Å². The Morgan fingerprint density at radius 3 is 2.37 bits per heavy atom. The summed E-state index contributed by atoms with van der Waals surface area (Å²) < 4.78 is 5.65. The fourth-order valence-corrected chi connectivity index (χ4v) is 2.72. The molecule has 1 aliphatic heterocycles. The Balaban J connectivity index is 1.91. The molecule has 0 radical (unpaired) electrons. The van der Waals surface area contributed by atoms with E-state index in [0.29, 0.717) is 18.0 Å². The molecule has 1 saturated heterocycles. The van der Waals surface area contributed by atoms with Crippen LogP contribution in [0.25, 0.3) is 0 Å². The Kier molecular flexibility index (Phi) is 4.71. The molecule has 1 heterocycles. The van der Waals surface area contributed by atoms with Gasteiger partial charge in [-0.25, -0.2) is 4.79 Å². The lowest BCUT2D eigenvalue weighted by atomic mass is 10.0. The maximum Gasteiger partial charge on any atom is 0.318 e. The summed E-state index contributed by atoms with van der Waals surface area (Å²) in [4.78, 5) is 14.5. The third-order valence-corrected chi connectivity index (χ3v) is 4.45. The molecule has 0 aromatic heterocycles. The van der Waals surface area contributed by atoms with Gasteiger partial charge in [0.2, 0.25) is 0 Å². The molecule has 1 N–H and O–H groups in total. The first-order valence-corrected chi connectivity index (χ1v) is 7.71. The van der Waals surface area contributed by atoms with E-state index in [4.69, 9.17) is 4.74 Å². The predicted octanol–water partition coefficient (Wildman–Crippen LogP) is 2.77. The van der Waals surface area contributed by atoms with Crippen molar-refractivity contribution in [2.75, 3.05) is 6.61 Å². The van der Waals surface area contributed by atoms with Crippen LogP contribution < -0.4 is 5.32 Å². The molecular formula is C15H28N2O2. The molecule has 2 amide bonds. The van der Waals surface area contributed by atoms with E-state index >= 15 is 0 Å². The van der Waals surface area contributed by atoms with E-state index in [1.54, 1.807) is 0 Å². The standard InChI is InChI=1S/C15H28N2O2/c1-10(2)12(4)17(13-7-8-13)15(18)16-11(3)14-6-5-9-19-14/h10-14H,5-9H2,1-4H3,(H,16,18). The van der Waals surface area contributed by atoms with Crippen LogP contribution in [-0.2, 0) is 4.74 Å². The lowest BCUT2D eigenvalue weighted by Crippen LogP contribution is -2.52. The van der Waals surface area contributed by atoms with Gasteiger partial charge >= 0.3 is 6.03 Å². The quantitative estimate of drug-likeness (QED) is 0.833. The molecule has 2 rings (SSSR count). The van der Waals surface area contributed by atoms with Gasteiger partial charge in [-0.1, -0.05) is 13.8 Å². The van der Waals surface area contributed by atoms with Crippen LogP contribution in [0, 0.1) is 5.92 Å². The Morgan fingerprint density at radius 1 is 1.21 bits per heavy atom. The van der Waals surface area contributed by atoms with Crippen LogP contribution in [0.2, 0.25) is 0 Å². The highest BCUT2D eigenvalue weighted by atomic mass is 16.5. The topological polar surface area (TPSA) is 41.6 Å². The summed E-state index contributed by atoms with van der Waals surface area (Å²) in [5.74, 6) is 0.490. The van der Waals surface area contributed by atoms with Gasteiger partial charge in [0, 0.05) is 18.7 Å². The van der Waals surface area contributed by atoms with Crippen molar-refractivity contribution in [2.45, 2.75) is 77.6 Å². The Labute approximate surface area is 116 Å². The summed E-state index contributed by atoms with van der Waals surface area (Å²) >= 11 is 0. The predicted molar refractivity (Wildman–Crippen MR) is 76.1 cm³/mol. The summed E-state index contributed by atoms with van der Waals surface area (Å²) in [6.45, 7) is 9.39. The average Bonchev–Trinajstić information content (AvgIpc) is 3.02. The molecule has 0 spiro atoms. The van der Waals surface area contributed by atoms with Crippen molar-refractivity contribution in [3.05, 3.63) is 0 Å². The summed E-state index contributed by atoms with van der Waals surface area (Å²) in [5, 5.41) is 3.14. The van der Waals surface area contributed by atoms with Crippen LogP contribution in [0.1, 0.15) is 53.4 Å². The minimum atomic E-state index is 0.0895. The van der Waals surface area contributed by atoms with E-state index in [2.05, 4.69) is 37.9 Å². The minimum absolute atomic E-state index is 0.0895. The monoisotopic (exact) mass is 268 g/mol. The van der Waals surface area contributed by atoms with Crippen molar-refractivity contribution in [1.29, 1.82) is 0 Å². The first-order chi connectivity index (χ1) is 9.00. The number of carbonyl (C=O) groups is 1. The van der Waals surface area contributed by atoms with Crippen LogP contribution in [0.5, 0.6) is 0 Å². The number of ether oxygens (including phenoxy) is 1. The molecule has 4 heteroatoms. The highest BCUT2D eigenvalue weighted by Crippen LogP contribution is 2.30. The van der Waals surface area contributed by atoms with E-state index in [-0.39, 0.29) is 18.2 Å². The highest BCUT2D eigenvalue weighted by Gasteiger charge is 2.37. The zero-order valence-electron chi connectivity index (χ0n) is 12.7. The largest absolute Gasteiger partial charge is 0.376 e. The molecule has 2 fully saturated rings. The number of rotatable bonds is 5. The lowest BCUT2D eigenvalue weighted by Gasteiger charge is -2.34. The summed E-state index contributed by atoms with van der Waals surface area (Å²) in [6.07, 6.45) is 4.67. The lowest BCUT2D eigenvalue weighted by molar-refractivity contribution is 0.0804. The van der Waals surface area contributed by atoms with Crippen LogP contribution in [-0.4, -0.2) is 41.8 Å². The molecule has 1 aliphatic carbocycles. The summed E-state index contributed by atoms with van der Waals surface area (Å²) in [7, 11) is 0. The van der Waals surface area contributed by atoms with Crippen molar-refractivity contribution in [3.63, 3.8) is 0 Å². The minimum Gasteiger partial charge on any atom is -0.376 e. The first kappa shape index (κ1) is 14.6. The Hall–Kier alpha value is -0.770. The molecule has 0 bridgehead atoms. The van der Waals surface area contributed by atoms with Gasteiger partial charge in [0.15, 0.2) is 0 Å². The van der Waals surface area contributed by atoms with Crippen molar-refractivity contribution in [2.24, 2.45) is 5.92 Å². The van der Waals surface area contributed by atoms with Gasteiger partial charge in [-0.15, -0.1) is 0 Å². The molecule has 2 aliphatic rings. The fraction of sp³-hybridized carbons (Fsp3) is 0.933. The third kappa shape index (κ3) is 3.62. The first-order valence-electron chi connectivity index (χ1n) is 7.71. The summed E-state index contributed by atoms with van der Waals surface area (Å²) in [5.41, 5.74) is 0. The third-order valence-electron chi connectivity index (χ3n) is 4.45. The van der Waals surface area contributed by atoms with Crippen molar-refractivity contribution in [1.82, 2.24) is 10.2 Å². The SMILES string of the molecule is CC(C)C(C)N(C(=O)NC(C)C1CCCO1)C1CC1. The van der Waals surface area contributed by atoms with Gasteiger partial charge in [0.05, 0.1) is 12.1 Å². The van der Waals surface area contributed by atoms with Gasteiger partial charge in [-0.2, -0.15) is 0 Å². The molecule has 3 unspecified atom stereocenters. The number of hydrogen-bond donors (Lipinski definition) is 1. The van der Waals surface area contributed by atoms with Gasteiger partial charge in [0.1, 0.15) is 0 Å². The normalized spacial score (nSPS) is 26.3. The van der Waals surface area contributed by atoms with E-state index in [1.165, 1.54) is 0 Å². The molecular weight excluding hydrogens is 240 g/mol. The average molecular weight is 268 g/mol. The van der Waals surface area contributed by atoms with Crippen molar-refractivity contribution < 1.29 is 9.53 Å². The maximum absolute atomic E-state index is 12.5. The van der Waals surface area contributed by atoms with E-state index in [1.807, 2.05) is 0 Å². The zero-order chi connectivity index (χ0) is 14.0. The number of carbonyl (C=O) groups excluding carboxylic acids is 1. The van der Waals surface area contributed by atoms with Crippen LogP contribution in [0.15, 0.2) is 0 Å².